The third kappa shape index (κ3) is 5.60. The van der Waals surface area contributed by atoms with Gasteiger partial charge in [0.15, 0.2) is 0 Å². The highest BCUT2D eigenvalue weighted by molar-refractivity contribution is 5.95. The van der Waals surface area contributed by atoms with Crippen LogP contribution in [0.4, 0.5) is 0 Å². The first kappa shape index (κ1) is 21.3. The second-order valence-corrected chi connectivity index (χ2v) is 7.93. The summed E-state index contributed by atoms with van der Waals surface area (Å²) >= 11 is 0. The average molecular weight is 419 g/mol. The normalized spacial score (nSPS) is 16.9. The van der Waals surface area contributed by atoms with Gasteiger partial charge in [0, 0.05) is 26.2 Å². The summed E-state index contributed by atoms with van der Waals surface area (Å²) < 4.78 is 7.82. The van der Waals surface area contributed by atoms with Gasteiger partial charge in [0.2, 0.25) is 0 Å². The van der Waals surface area contributed by atoms with Crippen LogP contribution < -0.4 is 5.32 Å². The van der Waals surface area contributed by atoms with Crippen LogP contribution in [0.15, 0.2) is 66.9 Å². The molecule has 2 heterocycles. The molecule has 1 saturated heterocycles. The van der Waals surface area contributed by atoms with Crippen LogP contribution in [0.5, 0.6) is 0 Å². The zero-order valence-electron chi connectivity index (χ0n) is 18.0. The van der Waals surface area contributed by atoms with Gasteiger partial charge in [-0.05, 0) is 17.5 Å². The van der Waals surface area contributed by atoms with Gasteiger partial charge in [-0.1, -0.05) is 67.6 Å². The van der Waals surface area contributed by atoms with E-state index in [2.05, 4.69) is 58.6 Å². The maximum atomic E-state index is 12.9. The van der Waals surface area contributed by atoms with Crippen molar-refractivity contribution in [1.29, 1.82) is 0 Å². The Morgan fingerprint density at radius 2 is 1.74 bits per heavy atom. The number of ether oxygens (including phenoxy) is 1. The van der Waals surface area contributed by atoms with E-state index in [0.717, 1.165) is 31.7 Å². The summed E-state index contributed by atoms with van der Waals surface area (Å²) in [5.41, 5.74) is 4.07. The average Bonchev–Trinajstić information content (AvgIpc) is 3.21. The minimum atomic E-state index is -0.0834. The largest absolute Gasteiger partial charge is 0.374 e. The van der Waals surface area contributed by atoms with Crippen LogP contribution in [-0.2, 0) is 24.2 Å². The number of amides is 1. The second-order valence-electron chi connectivity index (χ2n) is 7.93. The van der Waals surface area contributed by atoms with E-state index in [1.807, 2.05) is 28.9 Å². The van der Waals surface area contributed by atoms with Gasteiger partial charge in [-0.2, -0.15) is 5.10 Å². The molecule has 1 unspecified atom stereocenters. The van der Waals surface area contributed by atoms with Gasteiger partial charge < -0.3 is 10.1 Å². The molecule has 1 N–H and O–H groups in total. The minimum Gasteiger partial charge on any atom is -0.374 e. The van der Waals surface area contributed by atoms with Crippen molar-refractivity contribution in [3.05, 3.63) is 89.2 Å². The SMILES string of the molecule is CCc1c(C(=O)NCC2CN(Cc3ccccc3)CCO2)cnn1Cc1ccccc1. The van der Waals surface area contributed by atoms with Crippen molar-refractivity contribution in [2.45, 2.75) is 32.5 Å². The van der Waals surface area contributed by atoms with E-state index in [1.54, 1.807) is 6.20 Å². The number of nitrogens with one attached hydrogen (secondary N) is 1. The number of carbonyl (C=O) groups is 1. The lowest BCUT2D eigenvalue weighted by Gasteiger charge is -2.33. The van der Waals surface area contributed by atoms with Crippen LogP contribution in [0.25, 0.3) is 0 Å². The van der Waals surface area contributed by atoms with Crippen molar-refractivity contribution in [2.24, 2.45) is 0 Å². The van der Waals surface area contributed by atoms with Gasteiger partial charge in [0.1, 0.15) is 0 Å². The summed E-state index contributed by atoms with van der Waals surface area (Å²) in [6, 6.07) is 20.6. The molecule has 2 aromatic carbocycles. The quantitative estimate of drug-likeness (QED) is 0.611. The number of morpholine rings is 1. The molecule has 6 heteroatoms. The van der Waals surface area contributed by atoms with Crippen LogP contribution >= 0.6 is 0 Å². The van der Waals surface area contributed by atoms with E-state index in [0.29, 0.717) is 25.3 Å². The fourth-order valence-electron chi connectivity index (χ4n) is 4.06. The summed E-state index contributed by atoms with van der Waals surface area (Å²) in [4.78, 5) is 15.3. The van der Waals surface area contributed by atoms with Crippen molar-refractivity contribution in [3.63, 3.8) is 0 Å². The Kier molecular flexibility index (Phi) is 7.12. The number of benzene rings is 2. The molecule has 0 bridgehead atoms. The third-order valence-corrected chi connectivity index (χ3v) is 5.67. The van der Waals surface area contributed by atoms with E-state index < -0.39 is 0 Å². The van der Waals surface area contributed by atoms with Crippen LogP contribution in [0, 0.1) is 0 Å². The van der Waals surface area contributed by atoms with E-state index >= 15 is 0 Å². The first-order valence-electron chi connectivity index (χ1n) is 11.0. The minimum absolute atomic E-state index is 0.00847. The lowest BCUT2D eigenvalue weighted by Crippen LogP contribution is -2.47. The molecule has 3 aromatic rings. The van der Waals surface area contributed by atoms with E-state index in [4.69, 9.17) is 4.74 Å². The van der Waals surface area contributed by atoms with Crippen molar-refractivity contribution in [1.82, 2.24) is 20.0 Å². The lowest BCUT2D eigenvalue weighted by molar-refractivity contribution is -0.0292. The van der Waals surface area contributed by atoms with E-state index in [-0.39, 0.29) is 12.0 Å². The molecule has 0 saturated carbocycles. The monoisotopic (exact) mass is 418 g/mol. The van der Waals surface area contributed by atoms with Crippen LogP contribution in [0.1, 0.15) is 34.1 Å². The molecule has 4 rings (SSSR count). The van der Waals surface area contributed by atoms with Gasteiger partial charge in [-0.25, -0.2) is 0 Å². The Balaban J connectivity index is 1.33. The van der Waals surface area contributed by atoms with Crippen LogP contribution in [-0.4, -0.2) is 52.9 Å². The van der Waals surface area contributed by atoms with Gasteiger partial charge in [0.05, 0.1) is 36.7 Å². The molecule has 1 aliphatic heterocycles. The predicted molar refractivity (Wildman–Crippen MR) is 121 cm³/mol. The summed E-state index contributed by atoms with van der Waals surface area (Å²) in [5, 5.41) is 7.53. The fourth-order valence-corrected chi connectivity index (χ4v) is 4.06. The predicted octanol–water partition coefficient (Wildman–Crippen LogP) is 3.12. The van der Waals surface area contributed by atoms with Gasteiger partial charge in [-0.3, -0.25) is 14.4 Å². The van der Waals surface area contributed by atoms with Crippen LogP contribution in [0.2, 0.25) is 0 Å². The second kappa shape index (κ2) is 10.4. The molecule has 6 nitrogen and oxygen atoms in total. The number of nitrogens with zero attached hydrogens (tertiary/aromatic N) is 3. The Bertz CT molecular complexity index is 972. The molecule has 162 valence electrons. The number of carbonyl (C=O) groups excluding carboxylic acids is 1. The zero-order valence-corrected chi connectivity index (χ0v) is 18.0. The third-order valence-electron chi connectivity index (χ3n) is 5.67. The van der Waals surface area contributed by atoms with E-state index in [9.17, 15) is 4.79 Å². The van der Waals surface area contributed by atoms with Gasteiger partial charge in [0.25, 0.3) is 5.91 Å². The standard InChI is InChI=1S/C25H30N4O2/c1-2-24-23(16-27-29(24)18-21-11-7-4-8-12-21)25(30)26-15-22-19-28(13-14-31-22)17-20-9-5-3-6-10-20/h3-12,16,22H,2,13-15,17-19H2,1H3,(H,26,30). The highest BCUT2D eigenvalue weighted by atomic mass is 16.5. The molecular weight excluding hydrogens is 388 g/mol. The molecule has 31 heavy (non-hydrogen) atoms. The van der Waals surface area contributed by atoms with Gasteiger partial charge in [-0.15, -0.1) is 0 Å². The number of hydrogen-bond acceptors (Lipinski definition) is 4. The van der Waals surface area contributed by atoms with Crippen molar-refractivity contribution >= 4 is 5.91 Å². The zero-order chi connectivity index (χ0) is 21.5. The molecule has 0 spiro atoms. The number of hydrogen-bond donors (Lipinski definition) is 1. The molecule has 0 radical (unpaired) electrons. The van der Waals surface area contributed by atoms with Crippen molar-refractivity contribution in [3.8, 4) is 0 Å². The number of rotatable bonds is 8. The molecule has 1 aromatic heterocycles. The number of aromatic nitrogens is 2. The van der Waals surface area contributed by atoms with Crippen molar-refractivity contribution < 1.29 is 9.53 Å². The fraction of sp³-hybridized carbons (Fsp3) is 0.360. The maximum Gasteiger partial charge on any atom is 0.254 e. The Morgan fingerprint density at radius 3 is 2.42 bits per heavy atom. The highest BCUT2D eigenvalue weighted by Gasteiger charge is 2.22. The molecule has 1 atom stereocenters. The summed E-state index contributed by atoms with van der Waals surface area (Å²) in [7, 11) is 0. The Labute approximate surface area is 183 Å². The topological polar surface area (TPSA) is 59.4 Å². The highest BCUT2D eigenvalue weighted by Crippen LogP contribution is 2.14. The first-order valence-corrected chi connectivity index (χ1v) is 11.0. The summed E-state index contributed by atoms with van der Waals surface area (Å²) in [6.45, 7) is 6.52. The molecule has 1 fully saturated rings. The molecule has 1 amide bonds. The molecule has 0 aliphatic carbocycles. The van der Waals surface area contributed by atoms with Crippen LogP contribution in [0.3, 0.4) is 0 Å². The first-order chi connectivity index (χ1) is 15.2. The maximum absolute atomic E-state index is 12.9. The lowest BCUT2D eigenvalue weighted by atomic mass is 10.1. The Morgan fingerprint density at radius 1 is 1.06 bits per heavy atom. The molecule has 1 aliphatic rings. The van der Waals surface area contributed by atoms with E-state index in [1.165, 1.54) is 11.1 Å². The smallest absolute Gasteiger partial charge is 0.254 e. The molecular formula is C25H30N4O2. The Hall–Kier alpha value is -2.96. The van der Waals surface area contributed by atoms with Gasteiger partial charge >= 0.3 is 0 Å². The van der Waals surface area contributed by atoms with Crippen molar-refractivity contribution in [2.75, 3.05) is 26.2 Å². The summed E-state index contributed by atoms with van der Waals surface area (Å²) in [6.07, 6.45) is 2.42. The summed E-state index contributed by atoms with van der Waals surface area (Å²) in [5.74, 6) is -0.0834.